The summed E-state index contributed by atoms with van der Waals surface area (Å²) in [6.07, 6.45) is -0.857. The van der Waals surface area contributed by atoms with Crippen LogP contribution in [0.4, 0.5) is 25.8 Å². The number of methoxy groups -OCH3 is 1. The van der Waals surface area contributed by atoms with E-state index in [0.717, 1.165) is 6.07 Å². The van der Waals surface area contributed by atoms with Gasteiger partial charge in [0.05, 0.1) is 17.6 Å². The minimum absolute atomic E-state index is 0.0542. The lowest BCUT2D eigenvalue weighted by molar-refractivity contribution is -0.383. The minimum Gasteiger partial charge on any atom is -0.465 e. The van der Waals surface area contributed by atoms with Crippen LogP contribution in [0.3, 0.4) is 0 Å². The van der Waals surface area contributed by atoms with E-state index in [-0.39, 0.29) is 30.0 Å². The van der Waals surface area contributed by atoms with Gasteiger partial charge in [0.15, 0.2) is 0 Å². The number of rotatable bonds is 5. The van der Waals surface area contributed by atoms with Gasteiger partial charge in [-0.2, -0.15) is 0 Å². The third kappa shape index (κ3) is 4.70. The second-order valence-corrected chi connectivity index (χ2v) is 6.83. The van der Waals surface area contributed by atoms with Crippen LogP contribution in [0.15, 0.2) is 42.5 Å². The Morgan fingerprint density at radius 2 is 1.70 bits per heavy atom. The van der Waals surface area contributed by atoms with E-state index in [2.05, 4.69) is 10.1 Å². The quantitative estimate of drug-likeness (QED) is 0.447. The Kier molecular flexibility index (Phi) is 5.95. The highest BCUT2D eigenvalue weighted by Gasteiger charge is 2.36. The van der Waals surface area contributed by atoms with Gasteiger partial charge < -0.3 is 15.0 Å². The molecule has 0 aliphatic carbocycles. The second kappa shape index (κ2) is 8.44. The normalized spacial score (nSPS) is 15.4. The fourth-order valence-electron chi connectivity index (χ4n) is 3.10. The standard InChI is InChI=1S/C20H19F2N3O5/c1-30-19(27)13-2-5-15(6-3-13)23-16-7-4-14(12-17(16)25(28)29)18(26)24-10-8-20(21,22)9-11-24/h2-7,12,23H,8-11H2,1H3. The van der Waals surface area contributed by atoms with Gasteiger partial charge in [-0.3, -0.25) is 14.9 Å². The number of likely N-dealkylation sites (tertiary alicyclic amines) is 1. The van der Waals surface area contributed by atoms with E-state index in [4.69, 9.17) is 0 Å². The van der Waals surface area contributed by atoms with Crippen molar-refractivity contribution in [1.29, 1.82) is 0 Å². The van der Waals surface area contributed by atoms with Gasteiger partial charge in [0.1, 0.15) is 5.69 Å². The fraction of sp³-hybridized carbons (Fsp3) is 0.300. The molecule has 0 unspecified atom stereocenters. The molecule has 8 nitrogen and oxygen atoms in total. The number of hydrogen-bond donors (Lipinski definition) is 1. The highest BCUT2D eigenvalue weighted by Crippen LogP contribution is 2.31. The predicted molar refractivity (Wildman–Crippen MR) is 104 cm³/mol. The first-order valence-electron chi connectivity index (χ1n) is 9.11. The van der Waals surface area contributed by atoms with Crippen molar-refractivity contribution in [2.75, 3.05) is 25.5 Å². The van der Waals surface area contributed by atoms with Crippen LogP contribution >= 0.6 is 0 Å². The van der Waals surface area contributed by atoms with Crippen LogP contribution in [0.2, 0.25) is 0 Å². The summed E-state index contributed by atoms with van der Waals surface area (Å²) in [5.41, 5.74) is 0.681. The molecule has 0 aromatic heterocycles. The molecule has 0 atom stereocenters. The Morgan fingerprint density at radius 3 is 2.27 bits per heavy atom. The number of nitro benzene ring substituents is 1. The van der Waals surface area contributed by atoms with Gasteiger partial charge in [-0.05, 0) is 36.4 Å². The number of nitrogens with one attached hydrogen (secondary N) is 1. The van der Waals surface area contributed by atoms with Crippen molar-refractivity contribution in [3.05, 3.63) is 63.7 Å². The highest BCUT2D eigenvalue weighted by atomic mass is 19.3. The molecule has 0 spiro atoms. The van der Waals surface area contributed by atoms with Crippen molar-refractivity contribution in [3.8, 4) is 0 Å². The summed E-state index contributed by atoms with van der Waals surface area (Å²) in [5, 5.41) is 14.4. The van der Waals surface area contributed by atoms with Crippen LogP contribution in [0, 0.1) is 10.1 Å². The number of hydrogen-bond acceptors (Lipinski definition) is 6. The number of amides is 1. The molecule has 30 heavy (non-hydrogen) atoms. The van der Waals surface area contributed by atoms with Gasteiger partial charge in [-0.15, -0.1) is 0 Å². The number of nitrogens with zero attached hydrogens (tertiary/aromatic N) is 2. The van der Waals surface area contributed by atoms with Gasteiger partial charge >= 0.3 is 5.97 Å². The largest absolute Gasteiger partial charge is 0.465 e. The molecule has 158 valence electrons. The Balaban J connectivity index is 1.79. The van der Waals surface area contributed by atoms with Crippen LogP contribution in [-0.4, -0.2) is 47.8 Å². The van der Waals surface area contributed by atoms with Crippen LogP contribution in [0.25, 0.3) is 0 Å². The Morgan fingerprint density at radius 1 is 1.10 bits per heavy atom. The summed E-state index contributed by atoms with van der Waals surface area (Å²) in [6.45, 7) is -0.210. The third-order valence-electron chi connectivity index (χ3n) is 4.81. The molecule has 10 heteroatoms. The molecule has 3 rings (SSSR count). The summed E-state index contributed by atoms with van der Waals surface area (Å²) in [5.74, 6) is -3.83. The average Bonchev–Trinajstić information content (AvgIpc) is 2.73. The van der Waals surface area contributed by atoms with Crippen LogP contribution in [0.1, 0.15) is 33.6 Å². The van der Waals surface area contributed by atoms with Crippen molar-refractivity contribution < 1.29 is 28.0 Å². The van der Waals surface area contributed by atoms with Gasteiger partial charge in [0, 0.05) is 43.2 Å². The number of carbonyl (C=O) groups is 2. The van der Waals surface area contributed by atoms with E-state index >= 15 is 0 Å². The van der Waals surface area contributed by atoms with E-state index in [1.165, 1.54) is 36.3 Å². The maximum Gasteiger partial charge on any atom is 0.337 e. The zero-order chi connectivity index (χ0) is 21.9. The van der Waals surface area contributed by atoms with Gasteiger partial charge in [-0.25, -0.2) is 13.6 Å². The van der Waals surface area contributed by atoms with Crippen molar-refractivity contribution in [3.63, 3.8) is 0 Å². The summed E-state index contributed by atoms with van der Waals surface area (Å²) >= 11 is 0. The molecule has 1 amide bonds. The molecule has 0 saturated carbocycles. The molecule has 1 aliphatic rings. The van der Waals surface area contributed by atoms with E-state index in [9.17, 15) is 28.5 Å². The Labute approximate surface area is 170 Å². The van der Waals surface area contributed by atoms with Crippen molar-refractivity contribution in [2.24, 2.45) is 0 Å². The SMILES string of the molecule is COC(=O)c1ccc(Nc2ccc(C(=O)N3CCC(F)(F)CC3)cc2[N+](=O)[O-])cc1. The molecule has 0 radical (unpaired) electrons. The summed E-state index contributed by atoms with van der Waals surface area (Å²) < 4.78 is 31.2. The molecule has 1 fully saturated rings. The lowest BCUT2D eigenvalue weighted by atomic mass is 10.0. The zero-order valence-corrected chi connectivity index (χ0v) is 16.1. The van der Waals surface area contributed by atoms with Crippen molar-refractivity contribution in [2.45, 2.75) is 18.8 Å². The topological polar surface area (TPSA) is 102 Å². The van der Waals surface area contributed by atoms with E-state index < -0.39 is 35.6 Å². The van der Waals surface area contributed by atoms with E-state index in [1.807, 2.05) is 0 Å². The summed E-state index contributed by atoms with van der Waals surface area (Å²) in [4.78, 5) is 36.2. The number of carbonyl (C=O) groups excluding carboxylic acids is 2. The molecule has 1 N–H and O–H groups in total. The van der Waals surface area contributed by atoms with Crippen LogP contribution in [0.5, 0.6) is 0 Å². The number of benzene rings is 2. The number of halogens is 2. The van der Waals surface area contributed by atoms with Crippen LogP contribution < -0.4 is 5.32 Å². The lowest BCUT2D eigenvalue weighted by Crippen LogP contribution is -2.42. The van der Waals surface area contributed by atoms with Gasteiger partial charge in [0.25, 0.3) is 17.5 Å². The number of esters is 1. The predicted octanol–water partition coefficient (Wildman–Crippen LogP) is 4.00. The average molecular weight is 419 g/mol. The van der Waals surface area contributed by atoms with Gasteiger partial charge in [-0.1, -0.05) is 0 Å². The minimum atomic E-state index is -2.79. The first-order chi connectivity index (χ1) is 14.2. The zero-order valence-electron chi connectivity index (χ0n) is 16.1. The highest BCUT2D eigenvalue weighted by molar-refractivity contribution is 5.96. The molecule has 1 heterocycles. The molecule has 2 aromatic rings. The van der Waals surface area contributed by atoms with E-state index in [1.54, 1.807) is 12.1 Å². The summed E-state index contributed by atoms with van der Waals surface area (Å²) in [7, 11) is 1.26. The van der Waals surface area contributed by atoms with Gasteiger partial charge in [0.2, 0.25) is 0 Å². The van der Waals surface area contributed by atoms with Crippen molar-refractivity contribution >= 4 is 28.9 Å². The smallest absolute Gasteiger partial charge is 0.337 e. The number of anilines is 2. The third-order valence-corrected chi connectivity index (χ3v) is 4.81. The monoisotopic (exact) mass is 419 g/mol. The first kappa shape index (κ1) is 21.2. The lowest BCUT2D eigenvalue weighted by Gasteiger charge is -2.31. The molecular formula is C20H19F2N3O5. The number of ether oxygens (including phenoxy) is 1. The summed E-state index contributed by atoms with van der Waals surface area (Å²) in [6, 6.07) is 10.0. The molecular weight excluding hydrogens is 400 g/mol. The Bertz CT molecular complexity index is 969. The van der Waals surface area contributed by atoms with Crippen LogP contribution in [-0.2, 0) is 4.74 Å². The maximum absolute atomic E-state index is 13.3. The van der Waals surface area contributed by atoms with E-state index in [0.29, 0.717) is 11.3 Å². The Hall–Kier alpha value is -3.56. The number of piperidine rings is 1. The molecule has 2 aromatic carbocycles. The molecule has 0 bridgehead atoms. The second-order valence-electron chi connectivity index (χ2n) is 6.83. The fourth-order valence-corrected chi connectivity index (χ4v) is 3.10. The van der Waals surface area contributed by atoms with Crippen molar-refractivity contribution in [1.82, 2.24) is 4.90 Å². The number of nitro groups is 1. The number of alkyl halides is 2. The first-order valence-corrected chi connectivity index (χ1v) is 9.11. The maximum atomic E-state index is 13.3. The molecule has 1 aliphatic heterocycles. The molecule has 1 saturated heterocycles.